The van der Waals surface area contributed by atoms with E-state index in [1.165, 1.54) is 5.56 Å². The molecule has 0 saturated heterocycles. The minimum atomic E-state index is -0.431. The maximum atomic E-state index is 10.2. The van der Waals surface area contributed by atoms with Crippen molar-refractivity contribution in [3.05, 3.63) is 71.3 Å². The van der Waals surface area contributed by atoms with Gasteiger partial charge in [-0.1, -0.05) is 42.5 Å². The largest absolute Gasteiger partial charge is 0.390 e. The summed E-state index contributed by atoms with van der Waals surface area (Å²) >= 11 is 0. The summed E-state index contributed by atoms with van der Waals surface area (Å²) < 4.78 is 0. The van der Waals surface area contributed by atoms with E-state index in [0.29, 0.717) is 18.7 Å². The Hall–Kier alpha value is -2.19. The lowest BCUT2D eigenvalue weighted by Crippen LogP contribution is -2.37. The van der Waals surface area contributed by atoms with Crippen LogP contribution in [0.25, 0.3) is 0 Å². The monoisotopic (exact) mass is 323 g/mol. The SMILES string of the molecule is CC(NCC(O)CN(C)Cc1ccccc1)c1ccc(C#N)cc1. The molecule has 0 aromatic heterocycles. The molecule has 0 heterocycles. The lowest BCUT2D eigenvalue weighted by Gasteiger charge is -2.22. The van der Waals surface area contributed by atoms with E-state index in [9.17, 15) is 5.11 Å². The van der Waals surface area contributed by atoms with Gasteiger partial charge in [-0.05, 0) is 37.2 Å². The fourth-order valence-corrected chi connectivity index (χ4v) is 2.66. The van der Waals surface area contributed by atoms with Gasteiger partial charge >= 0.3 is 0 Å². The topological polar surface area (TPSA) is 59.3 Å². The highest BCUT2D eigenvalue weighted by Crippen LogP contribution is 2.13. The Morgan fingerprint density at radius 1 is 1.12 bits per heavy atom. The molecule has 0 radical (unpaired) electrons. The zero-order chi connectivity index (χ0) is 17.4. The van der Waals surface area contributed by atoms with Crippen molar-refractivity contribution in [2.45, 2.75) is 25.6 Å². The number of aliphatic hydroxyl groups is 1. The summed E-state index contributed by atoms with van der Waals surface area (Å²) in [6, 6.07) is 20.0. The van der Waals surface area contributed by atoms with Gasteiger partial charge in [-0.2, -0.15) is 5.26 Å². The molecule has 0 spiro atoms. The van der Waals surface area contributed by atoms with Crippen LogP contribution in [0.4, 0.5) is 0 Å². The van der Waals surface area contributed by atoms with E-state index < -0.39 is 6.10 Å². The second kappa shape index (κ2) is 9.19. The van der Waals surface area contributed by atoms with E-state index in [1.54, 1.807) is 0 Å². The highest BCUT2D eigenvalue weighted by Gasteiger charge is 2.11. The third-order valence-corrected chi connectivity index (χ3v) is 4.02. The molecule has 24 heavy (non-hydrogen) atoms. The van der Waals surface area contributed by atoms with Crippen LogP contribution in [0.15, 0.2) is 54.6 Å². The Morgan fingerprint density at radius 2 is 1.79 bits per heavy atom. The molecular weight excluding hydrogens is 298 g/mol. The lowest BCUT2D eigenvalue weighted by atomic mass is 10.1. The van der Waals surface area contributed by atoms with Gasteiger partial charge < -0.3 is 10.4 Å². The van der Waals surface area contributed by atoms with Crippen LogP contribution in [0.5, 0.6) is 0 Å². The molecule has 0 bridgehead atoms. The van der Waals surface area contributed by atoms with Gasteiger partial charge in [0.05, 0.1) is 17.7 Å². The standard InChI is InChI=1S/C20H25N3O/c1-16(19-10-8-17(12-21)9-11-19)22-13-20(24)15-23(2)14-18-6-4-3-5-7-18/h3-11,16,20,22,24H,13-15H2,1-2H3. The molecule has 126 valence electrons. The summed E-state index contributed by atoms with van der Waals surface area (Å²) in [6.07, 6.45) is -0.431. The van der Waals surface area contributed by atoms with E-state index in [4.69, 9.17) is 5.26 Å². The molecule has 0 aliphatic carbocycles. The number of likely N-dealkylation sites (N-methyl/N-ethyl adjacent to an activating group) is 1. The fraction of sp³-hybridized carbons (Fsp3) is 0.350. The van der Waals surface area contributed by atoms with Crippen molar-refractivity contribution in [1.82, 2.24) is 10.2 Å². The summed E-state index contributed by atoms with van der Waals surface area (Å²) in [7, 11) is 2.01. The number of hydrogen-bond donors (Lipinski definition) is 2. The van der Waals surface area contributed by atoms with Crippen LogP contribution in [0.1, 0.15) is 29.7 Å². The molecule has 0 amide bonds. The third kappa shape index (κ3) is 5.78. The molecule has 2 aromatic carbocycles. The number of aliphatic hydroxyl groups excluding tert-OH is 1. The molecule has 2 rings (SSSR count). The van der Waals surface area contributed by atoms with Crippen molar-refractivity contribution in [3.63, 3.8) is 0 Å². The summed E-state index contributed by atoms with van der Waals surface area (Å²) in [6.45, 7) is 4.02. The Morgan fingerprint density at radius 3 is 2.42 bits per heavy atom. The molecule has 0 aliphatic heterocycles. The number of nitrogens with zero attached hydrogens (tertiary/aromatic N) is 2. The van der Waals surface area contributed by atoms with Crippen LogP contribution in [0, 0.1) is 11.3 Å². The lowest BCUT2D eigenvalue weighted by molar-refractivity contribution is 0.119. The average molecular weight is 323 g/mol. The first-order valence-electron chi connectivity index (χ1n) is 8.22. The minimum absolute atomic E-state index is 0.131. The van der Waals surface area contributed by atoms with Crippen molar-refractivity contribution < 1.29 is 5.11 Å². The summed E-state index contributed by atoms with van der Waals surface area (Å²) in [4.78, 5) is 2.12. The van der Waals surface area contributed by atoms with Gasteiger partial charge in [0, 0.05) is 25.7 Å². The van der Waals surface area contributed by atoms with E-state index in [-0.39, 0.29) is 6.04 Å². The highest BCUT2D eigenvalue weighted by atomic mass is 16.3. The van der Waals surface area contributed by atoms with Gasteiger partial charge in [-0.25, -0.2) is 0 Å². The number of nitriles is 1. The second-order valence-corrected chi connectivity index (χ2v) is 6.20. The zero-order valence-electron chi connectivity index (χ0n) is 14.3. The van der Waals surface area contributed by atoms with Crippen molar-refractivity contribution in [2.24, 2.45) is 0 Å². The van der Waals surface area contributed by atoms with Crippen LogP contribution in [0.3, 0.4) is 0 Å². The van der Waals surface area contributed by atoms with Crippen LogP contribution < -0.4 is 5.32 Å². The maximum Gasteiger partial charge on any atom is 0.0991 e. The van der Waals surface area contributed by atoms with E-state index in [2.05, 4.69) is 35.3 Å². The smallest absolute Gasteiger partial charge is 0.0991 e. The molecule has 2 atom stereocenters. The molecule has 0 aliphatic rings. The van der Waals surface area contributed by atoms with Gasteiger partial charge in [-0.15, -0.1) is 0 Å². The van der Waals surface area contributed by atoms with E-state index >= 15 is 0 Å². The Bertz CT molecular complexity index is 649. The zero-order valence-corrected chi connectivity index (χ0v) is 14.3. The number of rotatable bonds is 8. The average Bonchev–Trinajstić information content (AvgIpc) is 2.60. The Balaban J connectivity index is 1.75. The van der Waals surface area contributed by atoms with Gasteiger partial charge in [0.15, 0.2) is 0 Å². The first-order valence-corrected chi connectivity index (χ1v) is 8.22. The van der Waals surface area contributed by atoms with Crippen LogP contribution in [-0.2, 0) is 6.54 Å². The van der Waals surface area contributed by atoms with Crippen molar-refractivity contribution >= 4 is 0 Å². The first-order chi connectivity index (χ1) is 11.6. The second-order valence-electron chi connectivity index (χ2n) is 6.20. The summed E-state index contributed by atoms with van der Waals surface area (Å²) in [5, 5.41) is 22.4. The van der Waals surface area contributed by atoms with Crippen LogP contribution in [-0.4, -0.2) is 36.2 Å². The molecule has 2 unspecified atom stereocenters. The predicted molar refractivity (Wildman–Crippen MR) is 96.4 cm³/mol. The molecule has 0 saturated carbocycles. The van der Waals surface area contributed by atoms with Gasteiger partial charge in [0.2, 0.25) is 0 Å². The quantitative estimate of drug-likeness (QED) is 0.784. The van der Waals surface area contributed by atoms with Crippen molar-refractivity contribution in [1.29, 1.82) is 5.26 Å². The molecule has 4 heteroatoms. The maximum absolute atomic E-state index is 10.2. The predicted octanol–water partition coefficient (Wildman–Crippen LogP) is 2.70. The Labute approximate surface area is 144 Å². The fourth-order valence-electron chi connectivity index (χ4n) is 2.66. The number of nitrogens with one attached hydrogen (secondary N) is 1. The summed E-state index contributed by atoms with van der Waals surface area (Å²) in [5.74, 6) is 0. The first kappa shape index (κ1) is 18.2. The molecule has 0 fully saturated rings. The number of benzene rings is 2. The molecular formula is C20H25N3O. The van der Waals surface area contributed by atoms with Gasteiger partial charge in [0.1, 0.15) is 0 Å². The minimum Gasteiger partial charge on any atom is -0.390 e. The molecule has 2 N–H and O–H groups in total. The van der Waals surface area contributed by atoms with Crippen LogP contribution >= 0.6 is 0 Å². The normalized spacial score (nSPS) is 13.5. The van der Waals surface area contributed by atoms with Gasteiger partial charge in [0.25, 0.3) is 0 Å². The van der Waals surface area contributed by atoms with Gasteiger partial charge in [-0.3, -0.25) is 4.90 Å². The van der Waals surface area contributed by atoms with Crippen LogP contribution in [0.2, 0.25) is 0 Å². The summed E-state index contributed by atoms with van der Waals surface area (Å²) in [5.41, 5.74) is 3.01. The van der Waals surface area contributed by atoms with Crippen molar-refractivity contribution in [2.75, 3.05) is 20.1 Å². The molecule has 2 aromatic rings. The third-order valence-electron chi connectivity index (χ3n) is 4.02. The highest BCUT2D eigenvalue weighted by molar-refractivity contribution is 5.32. The van der Waals surface area contributed by atoms with E-state index in [0.717, 1.165) is 12.1 Å². The number of hydrogen-bond acceptors (Lipinski definition) is 4. The van der Waals surface area contributed by atoms with E-state index in [1.807, 2.05) is 49.5 Å². The Kier molecular flexibility index (Phi) is 6.95. The van der Waals surface area contributed by atoms with Crippen molar-refractivity contribution in [3.8, 4) is 6.07 Å². The molecule has 4 nitrogen and oxygen atoms in total.